The summed E-state index contributed by atoms with van der Waals surface area (Å²) in [6.07, 6.45) is 1.16. The highest BCUT2D eigenvalue weighted by Crippen LogP contribution is 2.20. The van der Waals surface area contributed by atoms with Crippen LogP contribution in [0.2, 0.25) is 0 Å². The second-order valence-corrected chi connectivity index (χ2v) is 8.04. The van der Waals surface area contributed by atoms with Crippen LogP contribution in [0, 0.1) is 5.92 Å². The summed E-state index contributed by atoms with van der Waals surface area (Å²) >= 11 is 0. The lowest BCUT2D eigenvalue weighted by Crippen LogP contribution is -2.48. The van der Waals surface area contributed by atoms with Crippen molar-refractivity contribution in [3.8, 4) is 5.75 Å². The van der Waals surface area contributed by atoms with E-state index in [2.05, 4.69) is 18.7 Å². The van der Waals surface area contributed by atoms with E-state index in [1.807, 2.05) is 0 Å². The highest BCUT2D eigenvalue weighted by atomic mass is 32.2. The van der Waals surface area contributed by atoms with Crippen LogP contribution in [-0.4, -0.2) is 57.5 Å². The number of hydrogen-bond acceptors (Lipinski definition) is 4. The zero-order valence-corrected chi connectivity index (χ0v) is 14.5. The van der Waals surface area contributed by atoms with Gasteiger partial charge in [0.15, 0.2) is 0 Å². The second-order valence-electron chi connectivity index (χ2n) is 6.10. The molecular weight excluding hydrogens is 300 g/mol. The van der Waals surface area contributed by atoms with Crippen LogP contribution in [0.5, 0.6) is 5.75 Å². The number of nitrogens with zero attached hydrogens (tertiary/aromatic N) is 2. The molecule has 1 fully saturated rings. The van der Waals surface area contributed by atoms with Crippen molar-refractivity contribution in [2.45, 2.75) is 25.2 Å². The number of ether oxygens (including phenoxy) is 1. The quantitative estimate of drug-likeness (QED) is 0.803. The molecule has 0 amide bonds. The van der Waals surface area contributed by atoms with E-state index in [9.17, 15) is 8.42 Å². The summed E-state index contributed by atoms with van der Waals surface area (Å²) in [5.74, 6) is 1.35. The van der Waals surface area contributed by atoms with Gasteiger partial charge in [-0.1, -0.05) is 13.8 Å². The Labute approximate surface area is 133 Å². The summed E-state index contributed by atoms with van der Waals surface area (Å²) < 4.78 is 31.9. The largest absolute Gasteiger partial charge is 0.497 e. The van der Waals surface area contributed by atoms with Crippen molar-refractivity contribution >= 4 is 10.0 Å². The first-order chi connectivity index (χ1) is 10.4. The molecule has 1 heterocycles. The van der Waals surface area contributed by atoms with Crippen molar-refractivity contribution in [2.24, 2.45) is 5.92 Å². The molecule has 1 aliphatic rings. The Kier molecular flexibility index (Phi) is 5.83. The minimum atomic E-state index is -3.39. The monoisotopic (exact) mass is 326 g/mol. The fourth-order valence-electron chi connectivity index (χ4n) is 2.53. The molecule has 0 aromatic heterocycles. The van der Waals surface area contributed by atoms with Gasteiger partial charge in [-0.15, -0.1) is 0 Å². The van der Waals surface area contributed by atoms with Crippen molar-refractivity contribution < 1.29 is 13.2 Å². The molecule has 5 nitrogen and oxygen atoms in total. The van der Waals surface area contributed by atoms with Crippen molar-refractivity contribution in [3.05, 3.63) is 24.3 Å². The minimum Gasteiger partial charge on any atom is -0.497 e. The van der Waals surface area contributed by atoms with E-state index >= 15 is 0 Å². The van der Waals surface area contributed by atoms with Gasteiger partial charge in [-0.05, 0) is 43.1 Å². The molecule has 1 aliphatic heterocycles. The van der Waals surface area contributed by atoms with Gasteiger partial charge >= 0.3 is 0 Å². The Morgan fingerprint density at radius 1 is 1.09 bits per heavy atom. The molecule has 0 saturated carbocycles. The van der Waals surface area contributed by atoms with Gasteiger partial charge in [-0.2, -0.15) is 4.31 Å². The molecule has 6 heteroatoms. The van der Waals surface area contributed by atoms with Gasteiger partial charge in [0.05, 0.1) is 12.0 Å². The van der Waals surface area contributed by atoms with E-state index in [0.29, 0.717) is 29.7 Å². The summed E-state index contributed by atoms with van der Waals surface area (Å²) in [5, 5.41) is 0. The normalized spacial score (nSPS) is 17.8. The third-order valence-electron chi connectivity index (χ3n) is 4.05. The molecule has 22 heavy (non-hydrogen) atoms. The van der Waals surface area contributed by atoms with Gasteiger partial charge in [-0.3, -0.25) is 0 Å². The predicted octanol–water partition coefficient (Wildman–Crippen LogP) is 2.05. The Balaban J connectivity index is 1.96. The van der Waals surface area contributed by atoms with Crippen molar-refractivity contribution in [3.63, 3.8) is 0 Å². The summed E-state index contributed by atoms with van der Waals surface area (Å²) in [6, 6.07) is 6.59. The van der Waals surface area contributed by atoms with Crippen LogP contribution in [0.4, 0.5) is 0 Å². The van der Waals surface area contributed by atoms with E-state index < -0.39 is 10.0 Å². The minimum absolute atomic E-state index is 0.337. The third-order valence-corrected chi connectivity index (χ3v) is 5.96. The number of benzene rings is 1. The number of rotatable bonds is 6. The lowest BCUT2D eigenvalue weighted by Gasteiger charge is -2.34. The molecule has 0 radical (unpaired) electrons. The molecule has 1 aromatic carbocycles. The maximum Gasteiger partial charge on any atom is 0.243 e. The molecule has 0 aliphatic carbocycles. The van der Waals surface area contributed by atoms with Crippen LogP contribution in [-0.2, 0) is 10.0 Å². The van der Waals surface area contributed by atoms with Crippen LogP contribution in [0.3, 0.4) is 0 Å². The first-order valence-electron chi connectivity index (χ1n) is 7.80. The molecule has 1 saturated heterocycles. The highest BCUT2D eigenvalue weighted by molar-refractivity contribution is 7.89. The zero-order valence-electron chi connectivity index (χ0n) is 13.7. The van der Waals surface area contributed by atoms with Gasteiger partial charge in [0.25, 0.3) is 0 Å². The summed E-state index contributed by atoms with van der Waals surface area (Å²) in [4.78, 5) is 2.68. The molecule has 0 bridgehead atoms. The average molecular weight is 326 g/mol. The van der Waals surface area contributed by atoms with E-state index in [1.54, 1.807) is 35.7 Å². The van der Waals surface area contributed by atoms with Crippen LogP contribution in [0.25, 0.3) is 0 Å². The molecule has 0 N–H and O–H groups in total. The first kappa shape index (κ1) is 17.2. The first-order valence-corrected chi connectivity index (χ1v) is 9.24. The Bertz CT molecular complexity index is 562. The zero-order chi connectivity index (χ0) is 16.2. The lowest BCUT2D eigenvalue weighted by atomic mass is 10.1. The third kappa shape index (κ3) is 4.21. The fraction of sp³-hybridized carbons (Fsp3) is 0.625. The average Bonchev–Trinajstić information content (AvgIpc) is 2.53. The van der Waals surface area contributed by atoms with Gasteiger partial charge < -0.3 is 9.64 Å². The number of hydrogen-bond donors (Lipinski definition) is 0. The maximum absolute atomic E-state index is 12.6. The van der Waals surface area contributed by atoms with Crippen LogP contribution < -0.4 is 4.74 Å². The molecule has 124 valence electrons. The Morgan fingerprint density at radius 2 is 1.68 bits per heavy atom. The lowest BCUT2D eigenvalue weighted by molar-refractivity contribution is 0.180. The number of piperazine rings is 1. The molecule has 0 spiro atoms. The van der Waals surface area contributed by atoms with Crippen LogP contribution in [0.1, 0.15) is 20.3 Å². The van der Waals surface area contributed by atoms with E-state index in [0.717, 1.165) is 26.1 Å². The topological polar surface area (TPSA) is 49.9 Å². The fourth-order valence-corrected chi connectivity index (χ4v) is 3.95. The molecular formula is C16H26N2O3S. The molecule has 1 aromatic rings. The Hall–Kier alpha value is -1.11. The summed E-state index contributed by atoms with van der Waals surface area (Å²) in [6.45, 7) is 8.21. The summed E-state index contributed by atoms with van der Waals surface area (Å²) in [5.41, 5.74) is 0. The summed E-state index contributed by atoms with van der Waals surface area (Å²) in [7, 11) is -1.82. The molecule has 2 rings (SSSR count). The van der Waals surface area contributed by atoms with Crippen LogP contribution >= 0.6 is 0 Å². The smallest absolute Gasteiger partial charge is 0.243 e. The van der Waals surface area contributed by atoms with Gasteiger partial charge in [0, 0.05) is 26.2 Å². The Morgan fingerprint density at radius 3 is 2.18 bits per heavy atom. The second kappa shape index (κ2) is 7.44. The number of methoxy groups -OCH3 is 1. The predicted molar refractivity (Wildman–Crippen MR) is 87.6 cm³/mol. The molecule has 0 unspecified atom stereocenters. The van der Waals surface area contributed by atoms with Gasteiger partial charge in [0.2, 0.25) is 10.0 Å². The maximum atomic E-state index is 12.6. The highest BCUT2D eigenvalue weighted by Gasteiger charge is 2.28. The van der Waals surface area contributed by atoms with E-state index in [4.69, 9.17) is 4.74 Å². The van der Waals surface area contributed by atoms with Crippen molar-refractivity contribution in [1.29, 1.82) is 0 Å². The van der Waals surface area contributed by atoms with E-state index in [-0.39, 0.29) is 0 Å². The van der Waals surface area contributed by atoms with Crippen molar-refractivity contribution in [1.82, 2.24) is 9.21 Å². The van der Waals surface area contributed by atoms with Gasteiger partial charge in [-0.25, -0.2) is 8.42 Å². The SMILES string of the molecule is COc1ccc(S(=O)(=O)N2CCN(CCC(C)C)CC2)cc1. The van der Waals surface area contributed by atoms with Gasteiger partial charge in [0.1, 0.15) is 5.75 Å². The van der Waals surface area contributed by atoms with Crippen LogP contribution in [0.15, 0.2) is 29.2 Å². The van der Waals surface area contributed by atoms with Crippen molar-refractivity contribution in [2.75, 3.05) is 39.8 Å². The van der Waals surface area contributed by atoms with E-state index in [1.165, 1.54) is 0 Å². The molecule has 0 atom stereocenters. The standard InChI is InChI=1S/C16H26N2O3S/c1-14(2)8-9-17-10-12-18(13-11-17)22(19,20)16-6-4-15(21-3)5-7-16/h4-7,14H,8-13H2,1-3H3. The number of sulfonamides is 1.